The van der Waals surface area contributed by atoms with Gasteiger partial charge in [0, 0.05) is 23.2 Å². The normalized spacial score (nSPS) is 50.4. The highest BCUT2D eigenvalue weighted by molar-refractivity contribution is 5.93. The minimum absolute atomic E-state index is 0.0125. The standard InChI is InChI=1S/C25H34O6/c1-4-5-21-30-20-11-17-16-7-6-14-10-15(27)8-9-23(14,2)22(16)18(28)12-24(17,3)25(20,31-21)19(29)13-26/h6,8-9,16-18,20-22,26,28H,4-5,7,10-13H2,1-3H3/t16?,17?,18-,20+,21?,22+,23-,24-,25+/m0/s1. The number of Topliss-reactive ketones (excluding diaryl/α,β-unsaturated/α-hetero) is 1. The number of fused-ring (bicyclic) bond motifs is 7. The largest absolute Gasteiger partial charge is 0.393 e. The Hall–Kier alpha value is -1.34. The van der Waals surface area contributed by atoms with Crippen LogP contribution in [0.2, 0.25) is 0 Å². The molecular weight excluding hydrogens is 396 g/mol. The minimum atomic E-state index is -1.21. The van der Waals surface area contributed by atoms with Crippen molar-refractivity contribution in [2.24, 2.45) is 28.6 Å². The number of aliphatic hydroxyl groups excluding tert-OH is 2. The van der Waals surface area contributed by atoms with E-state index in [9.17, 15) is 19.8 Å². The summed E-state index contributed by atoms with van der Waals surface area (Å²) < 4.78 is 12.7. The van der Waals surface area contributed by atoms with Crippen molar-refractivity contribution in [1.29, 1.82) is 0 Å². The van der Waals surface area contributed by atoms with E-state index in [-0.39, 0.29) is 34.7 Å². The average molecular weight is 431 g/mol. The fourth-order valence-electron chi connectivity index (χ4n) is 8.03. The summed E-state index contributed by atoms with van der Waals surface area (Å²) in [6.45, 7) is 5.66. The van der Waals surface area contributed by atoms with E-state index in [2.05, 4.69) is 26.8 Å². The maximum Gasteiger partial charge on any atom is 0.193 e. The number of carbonyl (C=O) groups excluding carboxylic acids is 2. The predicted octanol–water partition coefficient (Wildman–Crippen LogP) is 2.72. The van der Waals surface area contributed by atoms with Crippen LogP contribution in [0.1, 0.15) is 59.3 Å². The number of ketones is 2. The van der Waals surface area contributed by atoms with Gasteiger partial charge in [-0.3, -0.25) is 9.59 Å². The van der Waals surface area contributed by atoms with Crippen molar-refractivity contribution in [3.63, 3.8) is 0 Å². The SMILES string of the molecule is CCCC1O[C@@H]2CC3C4CC=C5CC(=O)C=C[C@]5(C)[C@H]4[C@@H](O)C[C@]3(C)[C@]2(C(=O)CO)O1. The lowest BCUT2D eigenvalue weighted by Crippen LogP contribution is -2.63. The number of rotatable bonds is 4. The Morgan fingerprint density at radius 3 is 2.81 bits per heavy atom. The second-order valence-corrected chi connectivity index (χ2v) is 10.7. The summed E-state index contributed by atoms with van der Waals surface area (Å²) in [6, 6.07) is 0. The van der Waals surface area contributed by atoms with Gasteiger partial charge in [0.2, 0.25) is 0 Å². The molecule has 0 aromatic heterocycles. The predicted molar refractivity (Wildman–Crippen MR) is 113 cm³/mol. The van der Waals surface area contributed by atoms with E-state index in [0.29, 0.717) is 25.7 Å². The van der Waals surface area contributed by atoms with Gasteiger partial charge in [0.25, 0.3) is 0 Å². The van der Waals surface area contributed by atoms with Crippen LogP contribution in [-0.2, 0) is 19.1 Å². The summed E-state index contributed by atoms with van der Waals surface area (Å²) in [5, 5.41) is 21.4. The molecule has 0 spiro atoms. The molecule has 0 radical (unpaired) electrons. The first kappa shape index (κ1) is 21.5. The summed E-state index contributed by atoms with van der Waals surface area (Å²) in [7, 11) is 0. The fraction of sp³-hybridized carbons (Fsp3) is 0.760. The molecule has 3 fully saturated rings. The van der Waals surface area contributed by atoms with E-state index < -0.39 is 36.1 Å². The molecule has 0 aromatic rings. The van der Waals surface area contributed by atoms with Gasteiger partial charge < -0.3 is 19.7 Å². The van der Waals surface area contributed by atoms with Crippen molar-refractivity contribution in [3.05, 3.63) is 23.8 Å². The second-order valence-electron chi connectivity index (χ2n) is 10.7. The molecule has 0 bridgehead atoms. The number of allylic oxidation sites excluding steroid dienone is 4. The quantitative estimate of drug-likeness (QED) is 0.666. The Labute approximate surface area is 183 Å². The van der Waals surface area contributed by atoms with Crippen molar-refractivity contribution in [3.8, 4) is 0 Å². The first-order valence-electron chi connectivity index (χ1n) is 11.8. The van der Waals surface area contributed by atoms with Crippen LogP contribution in [0.25, 0.3) is 0 Å². The van der Waals surface area contributed by atoms with Crippen LogP contribution in [0.3, 0.4) is 0 Å². The summed E-state index contributed by atoms with van der Waals surface area (Å²) in [4.78, 5) is 25.2. The molecule has 9 atom stereocenters. The van der Waals surface area contributed by atoms with E-state index in [0.717, 1.165) is 18.4 Å². The van der Waals surface area contributed by atoms with Crippen LogP contribution in [0.4, 0.5) is 0 Å². The van der Waals surface area contributed by atoms with E-state index in [1.807, 2.05) is 6.08 Å². The molecule has 31 heavy (non-hydrogen) atoms. The van der Waals surface area contributed by atoms with E-state index in [4.69, 9.17) is 9.47 Å². The Bertz CT molecular complexity index is 862. The lowest BCUT2D eigenvalue weighted by Gasteiger charge is -2.59. The molecule has 170 valence electrons. The summed E-state index contributed by atoms with van der Waals surface area (Å²) in [6.07, 6.45) is 8.28. The van der Waals surface area contributed by atoms with Crippen molar-refractivity contribution in [2.45, 2.75) is 83.4 Å². The summed E-state index contributed by atoms with van der Waals surface area (Å²) in [5.74, 6) is 0.0642. The molecule has 4 aliphatic carbocycles. The topological polar surface area (TPSA) is 93.1 Å². The van der Waals surface area contributed by atoms with E-state index >= 15 is 0 Å². The molecule has 2 saturated carbocycles. The van der Waals surface area contributed by atoms with Crippen LogP contribution >= 0.6 is 0 Å². The molecule has 5 rings (SSSR count). The van der Waals surface area contributed by atoms with Crippen molar-refractivity contribution >= 4 is 11.6 Å². The zero-order valence-corrected chi connectivity index (χ0v) is 18.7. The highest BCUT2D eigenvalue weighted by Crippen LogP contribution is 2.69. The number of hydrogen-bond acceptors (Lipinski definition) is 6. The lowest BCUT2D eigenvalue weighted by molar-refractivity contribution is -0.198. The number of hydrogen-bond donors (Lipinski definition) is 2. The van der Waals surface area contributed by atoms with Crippen molar-refractivity contribution < 1.29 is 29.3 Å². The van der Waals surface area contributed by atoms with E-state index in [1.165, 1.54) is 0 Å². The molecule has 1 heterocycles. The molecule has 3 unspecified atom stereocenters. The van der Waals surface area contributed by atoms with Gasteiger partial charge in [-0.2, -0.15) is 0 Å². The molecule has 6 nitrogen and oxygen atoms in total. The van der Waals surface area contributed by atoms with E-state index in [1.54, 1.807) is 6.08 Å². The van der Waals surface area contributed by atoms with Gasteiger partial charge in [-0.15, -0.1) is 0 Å². The molecular formula is C25H34O6. The van der Waals surface area contributed by atoms with Crippen molar-refractivity contribution in [1.82, 2.24) is 0 Å². The number of carbonyl (C=O) groups is 2. The first-order valence-corrected chi connectivity index (χ1v) is 11.8. The zero-order valence-electron chi connectivity index (χ0n) is 18.7. The average Bonchev–Trinajstić information content (AvgIpc) is 3.20. The monoisotopic (exact) mass is 430 g/mol. The zero-order chi connectivity index (χ0) is 22.2. The lowest BCUT2D eigenvalue weighted by atomic mass is 9.47. The Morgan fingerprint density at radius 1 is 1.32 bits per heavy atom. The van der Waals surface area contributed by atoms with Crippen molar-refractivity contribution in [2.75, 3.05) is 6.61 Å². The van der Waals surface area contributed by atoms with Gasteiger partial charge >= 0.3 is 0 Å². The smallest absolute Gasteiger partial charge is 0.193 e. The molecule has 1 saturated heterocycles. The third-order valence-corrected chi connectivity index (χ3v) is 9.33. The summed E-state index contributed by atoms with van der Waals surface area (Å²) >= 11 is 0. The number of aliphatic hydroxyl groups is 2. The third-order valence-electron chi connectivity index (χ3n) is 9.33. The molecule has 6 heteroatoms. The van der Waals surface area contributed by atoms with Crippen LogP contribution in [-0.4, -0.2) is 52.5 Å². The number of ether oxygens (including phenoxy) is 2. The van der Waals surface area contributed by atoms with Gasteiger partial charge in [-0.1, -0.05) is 44.9 Å². The van der Waals surface area contributed by atoms with Gasteiger partial charge in [0.1, 0.15) is 6.61 Å². The first-order chi connectivity index (χ1) is 14.7. The van der Waals surface area contributed by atoms with Gasteiger partial charge in [-0.25, -0.2) is 0 Å². The van der Waals surface area contributed by atoms with Gasteiger partial charge in [0.15, 0.2) is 23.5 Å². The molecule has 1 aliphatic heterocycles. The summed E-state index contributed by atoms with van der Waals surface area (Å²) in [5.41, 5.74) is -1.06. The highest BCUT2D eigenvalue weighted by atomic mass is 16.7. The fourth-order valence-corrected chi connectivity index (χ4v) is 8.03. The van der Waals surface area contributed by atoms with Gasteiger partial charge in [0.05, 0.1) is 12.2 Å². The molecule has 2 N–H and O–H groups in total. The third kappa shape index (κ3) is 2.65. The van der Waals surface area contributed by atoms with Crippen LogP contribution in [0, 0.1) is 28.6 Å². The van der Waals surface area contributed by atoms with Gasteiger partial charge in [-0.05, 0) is 43.6 Å². The minimum Gasteiger partial charge on any atom is -0.393 e. The highest BCUT2D eigenvalue weighted by Gasteiger charge is 2.75. The maximum atomic E-state index is 13.2. The van der Waals surface area contributed by atoms with Crippen LogP contribution in [0.15, 0.2) is 23.8 Å². The van der Waals surface area contributed by atoms with Crippen LogP contribution in [0.5, 0.6) is 0 Å². The Morgan fingerprint density at radius 2 is 2.10 bits per heavy atom. The Balaban J connectivity index is 1.56. The Kier molecular flexibility index (Phi) is 4.91. The molecule has 0 amide bonds. The second kappa shape index (κ2) is 7.08. The van der Waals surface area contributed by atoms with Crippen LogP contribution < -0.4 is 0 Å². The maximum absolute atomic E-state index is 13.2. The molecule has 5 aliphatic rings. The molecule has 0 aromatic carbocycles.